The van der Waals surface area contributed by atoms with Crippen molar-refractivity contribution in [2.45, 2.75) is 58.3 Å². The number of rotatable bonds is 7. The quantitative estimate of drug-likeness (QED) is 0.511. The third kappa shape index (κ3) is 9.71. The highest BCUT2D eigenvalue weighted by molar-refractivity contribution is 7.92. The van der Waals surface area contributed by atoms with Gasteiger partial charge in [-0.15, -0.1) is 0 Å². The number of amides is 1. The van der Waals surface area contributed by atoms with Gasteiger partial charge in [-0.05, 0) is 51.3 Å². The summed E-state index contributed by atoms with van der Waals surface area (Å²) in [5, 5.41) is 9.94. The Bertz CT molecular complexity index is 1130. The molecule has 0 radical (unpaired) electrons. The van der Waals surface area contributed by atoms with Crippen LogP contribution in [-0.4, -0.2) is 101 Å². The predicted molar refractivity (Wildman–Crippen MR) is 143 cm³/mol. The first-order valence-electron chi connectivity index (χ1n) is 12.4. The second-order valence-corrected chi connectivity index (χ2v) is 13.8. The summed E-state index contributed by atoms with van der Waals surface area (Å²) in [7, 11) is -5.53. The number of anilines is 1. The highest BCUT2D eigenvalue weighted by Gasteiger charge is 2.31. The van der Waals surface area contributed by atoms with E-state index in [9.17, 15) is 26.7 Å². The first-order chi connectivity index (χ1) is 17.1. The highest BCUT2D eigenvalue weighted by atomic mass is 32.2. The van der Waals surface area contributed by atoms with Gasteiger partial charge in [0, 0.05) is 38.3 Å². The standard InChI is InChI=1S/C24H41N3O8S2/c1-17-14-27(18(2)16-28)24(29)21-13-20(25-36(5,30)31)10-11-22(21)35-19(3)9-7-8-12-34-23(17)15-26(4)37(6,32)33/h10-11,13,17-19,23,25,28H,7-9,12,14-16H2,1-6H3/t17-,18+,19+,23+/m0/s1. The molecule has 0 unspecified atom stereocenters. The number of likely N-dealkylation sites (N-methyl/N-ethyl adjacent to an activating group) is 1. The summed E-state index contributed by atoms with van der Waals surface area (Å²) in [5.74, 6) is -0.410. The normalized spacial score (nSPS) is 23.6. The number of hydrogen-bond acceptors (Lipinski definition) is 8. The summed E-state index contributed by atoms with van der Waals surface area (Å²) in [6.45, 7) is 5.88. The molecule has 0 fully saturated rings. The van der Waals surface area contributed by atoms with Crippen LogP contribution < -0.4 is 9.46 Å². The van der Waals surface area contributed by atoms with E-state index >= 15 is 0 Å². The lowest BCUT2D eigenvalue weighted by Gasteiger charge is -2.35. The molecule has 1 aromatic carbocycles. The van der Waals surface area contributed by atoms with Crippen LogP contribution in [0.4, 0.5) is 5.69 Å². The molecule has 212 valence electrons. The van der Waals surface area contributed by atoms with E-state index in [1.807, 2.05) is 13.8 Å². The number of sulfonamides is 2. The molecule has 1 heterocycles. The SMILES string of the molecule is C[C@@H]1CCCCO[C@H](CN(C)S(C)(=O)=O)[C@@H](C)CN([C@H](C)CO)C(=O)c2cc(NS(C)(=O)=O)ccc2O1. The molecule has 13 heteroatoms. The van der Waals surface area contributed by atoms with Crippen LogP contribution in [-0.2, 0) is 24.8 Å². The molecular weight excluding hydrogens is 522 g/mol. The number of aliphatic hydroxyl groups excluding tert-OH is 1. The van der Waals surface area contributed by atoms with Crippen LogP contribution in [0, 0.1) is 5.92 Å². The third-order valence-electron chi connectivity index (χ3n) is 6.36. The van der Waals surface area contributed by atoms with E-state index in [0.29, 0.717) is 18.8 Å². The van der Waals surface area contributed by atoms with Crippen molar-refractivity contribution in [2.75, 3.05) is 50.6 Å². The van der Waals surface area contributed by atoms with Crippen molar-refractivity contribution in [3.63, 3.8) is 0 Å². The van der Waals surface area contributed by atoms with Crippen molar-refractivity contribution >= 4 is 31.6 Å². The van der Waals surface area contributed by atoms with Crippen LogP contribution in [0.15, 0.2) is 18.2 Å². The van der Waals surface area contributed by atoms with Crippen molar-refractivity contribution in [3.05, 3.63) is 23.8 Å². The Labute approximate surface area is 221 Å². The number of aliphatic hydroxyl groups is 1. The van der Waals surface area contributed by atoms with Gasteiger partial charge < -0.3 is 19.5 Å². The fourth-order valence-electron chi connectivity index (χ4n) is 4.05. The van der Waals surface area contributed by atoms with Gasteiger partial charge in [0.15, 0.2) is 0 Å². The summed E-state index contributed by atoms with van der Waals surface area (Å²) in [6, 6.07) is 3.97. The van der Waals surface area contributed by atoms with Crippen LogP contribution >= 0.6 is 0 Å². The third-order valence-corrected chi connectivity index (χ3v) is 8.25. The molecule has 37 heavy (non-hydrogen) atoms. The van der Waals surface area contributed by atoms with E-state index < -0.39 is 38.1 Å². The van der Waals surface area contributed by atoms with Crippen molar-refractivity contribution in [1.82, 2.24) is 9.21 Å². The van der Waals surface area contributed by atoms with Gasteiger partial charge in [-0.1, -0.05) is 6.92 Å². The van der Waals surface area contributed by atoms with Crippen LogP contribution in [0.5, 0.6) is 5.75 Å². The topological polar surface area (TPSA) is 143 Å². The molecule has 1 aliphatic rings. The molecular formula is C24H41N3O8S2. The lowest BCUT2D eigenvalue weighted by Crippen LogP contribution is -2.47. The first kappa shape index (κ1) is 31.3. The molecule has 1 amide bonds. The Kier molecular flexibility index (Phi) is 11.2. The van der Waals surface area contributed by atoms with Crippen molar-refractivity contribution in [2.24, 2.45) is 5.92 Å². The minimum atomic E-state index is -3.58. The largest absolute Gasteiger partial charge is 0.490 e. The second-order valence-electron chi connectivity index (χ2n) is 9.93. The second kappa shape index (κ2) is 13.2. The maximum Gasteiger partial charge on any atom is 0.258 e. The summed E-state index contributed by atoms with van der Waals surface area (Å²) in [4.78, 5) is 15.4. The fraction of sp³-hybridized carbons (Fsp3) is 0.708. The number of ether oxygens (including phenoxy) is 2. The van der Waals surface area contributed by atoms with Gasteiger partial charge in [-0.25, -0.2) is 21.1 Å². The molecule has 4 atom stereocenters. The molecule has 0 aliphatic carbocycles. The molecule has 1 aliphatic heterocycles. The fourth-order valence-corrected chi connectivity index (χ4v) is 5.02. The minimum Gasteiger partial charge on any atom is -0.490 e. The Balaban J connectivity index is 2.52. The average Bonchev–Trinajstić information content (AvgIpc) is 2.79. The predicted octanol–water partition coefficient (Wildman–Crippen LogP) is 1.75. The number of nitrogens with zero attached hydrogens (tertiary/aromatic N) is 2. The van der Waals surface area contributed by atoms with E-state index in [2.05, 4.69) is 4.72 Å². The Hall–Kier alpha value is -1.93. The summed E-state index contributed by atoms with van der Waals surface area (Å²) < 4.78 is 63.6. The van der Waals surface area contributed by atoms with E-state index in [-0.39, 0.29) is 43.0 Å². The molecule has 0 aromatic heterocycles. The van der Waals surface area contributed by atoms with E-state index in [4.69, 9.17) is 9.47 Å². The molecule has 11 nitrogen and oxygen atoms in total. The first-order valence-corrected chi connectivity index (χ1v) is 16.1. The van der Waals surface area contributed by atoms with Gasteiger partial charge in [0.05, 0.1) is 42.9 Å². The van der Waals surface area contributed by atoms with Gasteiger partial charge in [-0.2, -0.15) is 0 Å². The monoisotopic (exact) mass is 563 g/mol. The molecule has 1 aromatic rings. The van der Waals surface area contributed by atoms with Gasteiger partial charge in [-0.3, -0.25) is 9.52 Å². The lowest BCUT2D eigenvalue weighted by atomic mass is 10.0. The van der Waals surface area contributed by atoms with Crippen molar-refractivity contribution < 1.29 is 36.2 Å². The maximum atomic E-state index is 13.9. The zero-order valence-electron chi connectivity index (χ0n) is 22.5. The van der Waals surface area contributed by atoms with Gasteiger partial charge >= 0.3 is 0 Å². The number of nitrogens with one attached hydrogen (secondary N) is 1. The molecule has 2 N–H and O–H groups in total. The number of fused-ring (bicyclic) bond motifs is 1. The van der Waals surface area contributed by atoms with E-state index in [0.717, 1.165) is 25.4 Å². The molecule has 0 saturated carbocycles. The number of hydrogen-bond donors (Lipinski definition) is 2. The van der Waals surface area contributed by atoms with Crippen LogP contribution in [0.25, 0.3) is 0 Å². The Morgan fingerprint density at radius 1 is 1.19 bits per heavy atom. The number of carbonyl (C=O) groups excluding carboxylic acids is 1. The van der Waals surface area contributed by atoms with Crippen molar-refractivity contribution in [1.29, 1.82) is 0 Å². The molecule has 0 spiro atoms. The van der Waals surface area contributed by atoms with E-state index in [1.54, 1.807) is 13.0 Å². The Morgan fingerprint density at radius 3 is 2.46 bits per heavy atom. The Morgan fingerprint density at radius 2 is 1.86 bits per heavy atom. The maximum absolute atomic E-state index is 13.9. The zero-order chi connectivity index (χ0) is 28.0. The lowest BCUT2D eigenvalue weighted by molar-refractivity contribution is -0.00828. The smallest absolute Gasteiger partial charge is 0.258 e. The zero-order valence-corrected chi connectivity index (χ0v) is 24.1. The molecule has 2 rings (SSSR count). The summed E-state index contributed by atoms with van der Waals surface area (Å²) in [6.07, 6.45) is 3.68. The van der Waals surface area contributed by atoms with Crippen LogP contribution in [0.1, 0.15) is 50.4 Å². The van der Waals surface area contributed by atoms with Crippen LogP contribution in [0.3, 0.4) is 0 Å². The van der Waals surface area contributed by atoms with E-state index in [1.165, 1.54) is 28.4 Å². The summed E-state index contributed by atoms with van der Waals surface area (Å²) in [5.41, 5.74) is 0.378. The number of benzene rings is 1. The molecule has 0 bridgehead atoms. The minimum absolute atomic E-state index is 0.119. The van der Waals surface area contributed by atoms with Crippen molar-refractivity contribution in [3.8, 4) is 5.75 Å². The van der Waals surface area contributed by atoms with Gasteiger partial charge in [0.2, 0.25) is 20.0 Å². The van der Waals surface area contributed by atoms with Gasteiger partial charge in [0.25, 0.3) is 5.91 Å². The number of carbonyl (C=O) groups is 1. The van der Waals surface area contributed by atoms with Crippen LogP contribution in [0.2, 0.25) is 0 Å². The van der Waals surface area contributed by atoms with Gasteiger partial charge in [0.1, 0.15) is 5.75 Å². The summed E-state index contributed by atoms with van der Waals surface area (Å²) >= 11 is 0. The average molecular weight is 564 g/mol. The molecule has 0 saturated heterocycles. The highest BCUT2D eigenvalue weighted by Crippen LogP contribution is 2.28.